The molecule has 0 aliphatic carbocycles. The normalized spacial score (nSPS) is 11.2. The summed E-state index contributed by atoms with van der Waals surface area (Å²) in [6, 6.07) is 5.69. The van der Waals surface area contributed by atoms with Gasteiger partial charge in [-0.25, -0.2) is 0 Å². The fourth-order valence-corrected chi connectivity index (χ4v) is 1.76. The van der Waals surface area contributed by atoms with Gasteiger partial charge in [-0.2, -0.15) is 0 Å². The van der Waals surface area contributed by atoms with Gasteiger partial charge in [0, 0.05) is 31.8 Å². The van der Waals surface area contributed by atoms with Gasteiger partial charge in [-0.15, -0.1) is 0 Å². The number of benzene rings is 1. The van der Waals surface area contributed by atoms with Crippen LogP contribution in [-0.2, 0) is 11.3 Å². The molecule has 0 radical (unpaired) electrons. The fraction of sp³-hybridized carbons (Fsp3) is 0.571. The zero-order chi connectivity index (χ0) is 13.5. The first-order valence-electron chi connectivity index (χ1n) is 6.17. The minimum Gasteiger partial charge on any atom is -0.508 e. The second-order valence-corrected chi connectivity index (χ2v) is 4.55. The number of phenolic OH excluding ortho intramolecular Hbond substituents is 1. The average molecular weight is 253 g/mol. The molecular weight excluding hydrogens is 230 g/mol. The topological polar surface area (TPSA) is 41.9 Å². The molecule has 0 aliphatic heterocycles. The lowest BCUT2D eigenvalue weighted by Gasteiger charge is -2.26. The van der Waals surface area contributed by atoms with E-state index >= 15 is 0 Å². The minimum absolute atomic E-state index is 0.305. The van der Waals surface area contributed by atoms with Crippen LogP contribution < -0.4 is 4.74 Å². The zero-order valence-corrected chi connectivity index (χ0v) is 11.6. The number of nitrogens with zero attached hydrogens (tertiary/aromatic N) is 1. The Labute approximate surface area is 109 Å². The van der Waals surface area contributed by atoms with Crippen molar-refractivity contribution in [1.82, 2.24) is 4.90 Å². The van der Waals surface area contributed by atoms with E-state index in [1.165, 1.54) is 0 Å². The van der Waals surface area contributed by atoms with Gasteiger partial charge < -0.3 is 14.6 Å². The smallest absolute Gasteiger partial charge is 0.120 e. The van der Waals surface area contributed by atoms with E-state index in [0.717, 1.165) is 17.9 Å². The molecule has 0 bridgehead atoms. The van der Waals surface area contributed by atoms with Crippen LogP contribution in [0.2, 0.25) is 0 Å². The van der Waals surface area contributed by atoms with E-state index in [1.807, 2.05) is 6.07 Å². The lowest BCUT2D eigenvalue weighted by Crippen LogP contribution is -2.33. The van der Waals surface area contributed by atoms with Crippen LogP contribution in [0.25, 0.3) is 0 Å². The Morgan fingerprint density at radius 2 is 2.00 bits per heavy atom. The molecule has 1 aromatic rings. The first kappa shape index (κ1) is 14.8. The molecule has 1 aromatic carbocycles. The third-order valence-electron chi connectivity index (χ3n) is 2.97. The summed E-state index contributed by atoms with van der Waals surface area (Å²) in [6.45, 7) is 6.47. The van der Waals surface area contributed by atoms with E-state index < -0.39 is 0 Å². The standard InChI is InChI=1S/C14H23NO3/c1-11(2)15(7-8-17-3)10-12-9-13(18-4)5-6-14(12)16/h5-6,9,11,16H,7-8,10H2,1-4H3. The monoisotopic (exact) mass is 253 g/mol. The second-order valence-electron chi connectivity index (χ2n) is 4.55. The fourth-order valence-electron chi connectivity index (χ4n) is 1.76. The van der Waals surface area contributed by atoms with E-state index in [1.54, 1.807) is 26.4 Å². The summed E-state index contributed by atoms with van der Waals surface area (Å²) < 4.78 is 10.3. The molecule has 0 atom stereocenters. The number of rotatable bonds is 7. The maximum absolute atomic E-state index is 9.87. The molecule has 0 amide bonds. The van der Waals surface area contributed by atoms with Gasteiger partial charge in [0.05, 0.1) is 13.7 Å². The third-order valence-corrected chi connectivity index (χ3v) is 2.97. The highest BCUT2D eigenvalue weighted by Crippen LogP contribution is 2.24. The van der Waals surface area contributed by atoms with E-state index in [9.17, 15) is 5.11 Å². The van der Waals surface area contributed by atoms with Crippen molar-refractivity contribution in [2.75, 3.05) is 27.4 Å². The first-order valence-corrected chi connectivity index (χ1v) is 6.17. The summed E-state index contributed by atoms with van der Waals surface area (Å²) in [4.78, 5) is 2.25. The van der Waals surface area contributed by atoms with E-state index in [0.29, 0.717) is 24.9 Å². The molecule has 0 spiro atoms. The van der Waals surface area contributed by atoms with Gasteiger partial charge in [0.15, 0.2) is 0 Å². The summed E-state index contributed by atoms with van der Waals surface area (Å²) in [6.07, 6.45) is 0. The minimum atomic E-state index is 0.305. The van der Waals surface area contributed by atoms with Crippen molar-refractivity contribution in [3.8, 4) is 11.5 Å². The molecule has 102 valence electrons. The van der Waals surface area contributed by atoms with Gasteiger partial charge in [0.1, 0.15) is 11.5 Å². The van der Waals surface area contributed by atoms with Crippen molar-refractivity contribution >= 4 is 0 Å². The van der Waals surface area contributed by atoms with Crippen LogP contribution >= 0.6 is 0 Å². The summed E-state index contributed by atoms with van der Waals surface area (Å²) in [5, 5.41) is 9.87. The molecule has 0 aliphatic rings. The third kappa shape index (κ3) is 4.20. The van der Waals surface area contributed by atoms with Gasteiger partial charge in [0.2, 0.25) is 0 Å². The van der Waals surface area contributed by atoms with Crippen molar-refractivity contribution in [2.24, 2.45) is 0 Å². The van der Waals surface area contributed by atoms with Gasteiger partial charge in [-0.3, -0.25) is 4.90 Å². The highest BCUT2D eigenvalue weighted by atomic mass is 16.5. The molecule has 0 unspecified atom stereocenters. The van der Waals surface area contributed by atoms with Crippen LogP contribution in [0.3, 0.4) is 0 Å². The van der Waals surface area contributed by atoms with Crippen LogP contribution in [0, 0.1) is 0 Å². The number of methoxy groups -OCH3 is 2. The second kappa shape index (κ2) is 7.24. The predicted molar refractivity (Wildman–Crippen MR) is 72.1 cm³/mol. The van der Waals surface area contributed by atoms with Gasteiger partial charge >= 0.3 is 0 Å². The summed E-state index contributed by atoms with van der Waals surface area (Å²) in [5.74, 6) is 1.07. The Morgan fingerprint density at radius 1 is 1.28 bits per heavy atom. The molecule has 0 saturated carbocycles. The zero-order valence-electron chi connectivity index (χ0n) is 11.6. The number of aromatic hydroxyl groups is 1. The lowest BCUT2D eigenvalue weighted by atomic mass is 10.1. The van der Waals surface area contributed by atoms with Crippen molar-refractivity contribution in [3.05, 3.63) is 23.8 Å². The van der Waals surface area contributed by atoms with Crippen LogP contribution in [0.15, 0.2) is 18.2 Å². The summed E-state index contributed by atoms with van der Waals surface area (Å²) >= 11 is 0. The Bertz CT molecular complexity index is 366. The van der Waals surface area contributed by atoms with Gasteiger partial charge in [-0.1, -0.05) is 0 Å². The molecule has 4 nitrogen and oxygen atoms in total. The highest BCUT2D eigenvalue weighted by Gasteiger charge is 2.12. The van der Waals surface area contributed by atoms with E-state index in [-0.39, 0.29) is 0 Å². The Balaban J connectivity index is 2.78. The summed E-state index contributed by atoms with van der Waals surface area (Å²) in [7, 11) is 3.32. The molecule has 0 aromatic heterocycles. The Kier molecular flexibility index (Phi) is 5.95. The molecular formula is C14H23NO3. The molecule has 18 heavy (non-hydrogen) atoms. The molecule has 0 saturated heterocycles. The summed E-state index contributed by atoms with van der Waals surface area (Å²) in [5.41, 5.74) is 0.874. The molecule has 4 heteroatoms. The number of phenols is 1. The maximum Gasteiger partial charge on any atom is 0.120 e. The van der Waals surface area contributed by atoms with Crippen LogP contribution in [0.4, 0.5) is 0 Å². The quantitative estimate of drug-likeness (QED) is 0.809. The molecule has 0 fully saturated rings. The predicted octanol–water partition coefficient (Wildman–Crippen LogP) is 2.26. The highest BCUT2D eigenvalue weighted by molar-refractivity contribution is 5.39. The Hall–Kier alpha value is -1.26. The maximum atomic E-state index is 9.87. The first-order chi connectivity index (χ1) is 8.58. The van der Waals surface area contributed by atoms with Crippen molar-refractivity contribution in [2.45, 2.75) is 26.4 Å². The number of hydrogen-bond acceptors (Lipinski definition) is 4. The van der Waals surface area contributed by atoms with Crippen LogP contribution in [0.1, 0.15) is 19.4 Å². The Morgan fingerprint density at radius 3 is 2.56 bits per heavy atom. The van der Waals surface area contributed by atoms with Gasteiger partial charge in [0.25, 0.3) is 0 Å². The van der Waals surface area contributed by atoms with Crippen molar-refractivity contribution < 1.29 is 14.6 Å². The molecule has 0 heterocycles. The largest absolute Gasteiger partial charge is 0.508 e. The van der Waals surface area contributed by atoms with Crippen molar-refractivity contribution in [1.29, 1.82) is 0 Å². The van der Waals surface area contributed by atoms with Crippen molar-refractivity contribution in [3.63, 3.8) is 0 Å². The number of hydrogen-bond donors (Lipinski definition) is 1. The SMILES string of the molecule is COCCN(Cc1cc(OC)ccc1O)C(C)C. The van der Waals surface area contributed by atoms with E-state index in [4.69, 9.17) is 9.47 Å². The molecule has 1 N–H and O–H groups in total. The van der Waals surface area contributed by atoms with Crippen LogP contribution in [-0.4, -0.2) is 43.4 Å². The lowest BCUT2D eigenvalue weighted by molar-refractivity contribution is 0.124. The van der Waals surface area contributed by atoms with Gasteiger partial charge in [-0.05, 0) is 32.0 Å². The van der Waals surface area contributed by atoms with Crippen LogP contribution in [0.5, 0.6) is 11.5 Å². The number of ether oxygens (including phenoxy) is 2. The molecule has 1 rings (SSSR count). The van der Waals surface area contributed by atoms with E-state index in [2.05, 4.69) is 18.7 Å². The average Bonchev–Trinajstić information content (AvgIpc) is 2.36.